The van der Waals surface area contributed by atoms with Crippen molar-refractivity contribution >= 4 is 27.5 Å². The van der Waals surface area contributed by atoms with E-state index in [2.05, 4.69) is 0 Å². The van der Waals surface area contributed by atoms with Crippen molar-refractivity contribution in [1.29, 1.82) is 0 Å². The fourth-order valence-corrected chi connectivity index (χ4v) is 5.38. The highest BCUT2D eigenvalue weighted by Gasteiger charge is 2.58. The molecule has 2 aliphatic rings. The van der Waals surface area contributed by atoms with Crippen LogP contribution >= 0.6 is 11.6 Å². The number of carbonyl (C=O) groups is 1. The van der Waals surface area contributed by atoms with Gasteiger partial charge in [-0.25, -0.2) is 35.1 Å². The van der Waals surface area contributed by atoms with Crippen LogP contribution in [0, 0.1) is 17.5 Å². The van der Waals surface area contributed by atoms with Crippen molar-refractivity contribution in [3.8, 4) is 11.1 Å². The van der Waals surface area contributed by atoms with Gasteiger partial charge in [0.25, 0.3) is 11.8 Å². The van der Waals surface area contributed by atoms with Gasteiger partial charge in [-0.05, 0) is 25.0 Å². The predicted octanol–water partition coefficient (Wildman–Crippen LogP) is 3.91. The van der Waals surface area contributed by atoms with Crippen LogP contribution in [0.5, 0.6) is 0 Å². The average Bonchev–Trinajstić information content (AvgIpc) is 3.01. The largest absolute Gasteiger partial charge is 0.368 e. The Morgan fingerprint density at radius 1 is 1.19 bits per heavy atom. The van der Waals surface area contributed by atoms with Gasteiger partial charge >= 0.3 is 0 Å². The molecule has 1 N–H and O–H groups in total. The first-order valence-corrected chi connectivity index (χ1v) is 13.1. The molecule has 0 aromatic heterocycles. The molecule has 2 fully saturated rings. The summed E-state index contributed by atoms with van der Waals surface area (Å²) in [6.45, 7) is 0.456. The third-order valence-corrected chi connectivity index (χ3v) is 8.04. The number of likely N-dealkylation sites (tertiary alicyclic amines) is 1. The molecular formula is C23H22ClF5N2O4S. The van der Waals surface area contributed by atoms with Gasteiger partial charge in [0, 0.05) is 23.6 Å². The van der Waals surface area contributed by atoms with Crippen molar-refractivity contribution in [2.75, 3.05) is 18.9 Å². The molecule has 2 heterocycles. The summed E-state index contributed by atoms with van der Waals surface area (Å²) in [4.78, 5) is 13.7. The maximum Gasteiger partial charge on any atom is 0.283 e. The maximum absolute atomic E-state index is 15.6. The van der Waals surface area contributed by atoms with E-state index < -0.39 is 81.2 Å². The van der Waals surface area contributed by atoms with Crippen LogP contribution in [0.4, 0.5) is 22.0 Å². The molecule has 36 heavy (non-hydrogen) atoms. The van der Waals surface area contributed by atoms with Gasteiger partial charge in [0.15, 0.2) is 0 Å². The second kappa shape index (κ2) is 9.88. The van der Waals surface area contributed by atoms with E-state index >= 15 is 13.2 Å². The van der Waals surface area contributed by atoms with E-state index in [-0.39, 0.29) is 23.3 Å². The number of nitrogens with zero attached hydrogens (tertiary/aromatic N) is 1. The van der Waals surface area contributed by atoms with Gasteiger partial charge in [0.05, 0.1) is 30.0 Å². The van der Waals surface area contributed by atoms with Crippen molar-refractivity contribution in [2.45, 2.75) is 43.9 Å². The zero-order valence-electron chi connectivity index (χ0n) is 18.9. The topological polar surface area (TPSA) is 75.7 Å². The number of hydrogen-bond acceptors (Lipinski definition) is 4. The quantitative estimate of drug-likeness (QED) is 0.417. The highest BCUT2D eigenvalue weighted by atomic mass is 35.5. The molecule has 2 aliphatic heterocycles. The van der Waals surface area contributed by atoms with Crippen molar-refractivity contribution in [1.82, 2.24) is 9.62 Å². The fourth-order valence-electron chi connectivity index (χ4n) is 4.33. The molecule has 6 nitrogen and oxygen atoms in total. The Hall–Kier alpha value is -2.28. The summed E-state index contributed by atoms with van der Waals surface area (Å²) < 4.78 is 105. The number of rotatable bonds is 7. The molecule has 0 spiro atoms. The summed E-state index contributed by atoms with van der Waals surface area (Å²) in [5.41, 5.74) is -0.831. The molecule has 2 aromatic rings. The molecule has 4 rings (SSSR count). The van der Waals surface area contributed by atoms with E-state index in [9.17, 15) is 22.0 Å². The summed E-state index contributed by atoms with van der Waals surface area (Å²) in [6, 6.07) is 1.69. The molecule has 2 aromatic carbocycles. The first-order valence-electron chi connectivity index (χ1n) is 11.1. The molecule has 0 saturated carbocycles. The summed E-state index contributed by atoms with van der Waals surface area (Å²) in [5.74, 6) is -8.03. The second-order valence-electron chi connectivity index (χ2n) is 8.67. The Morgan fingerprint density at radius 2 is 1.89 bits per heavy atom. The summed E-state index contributed by atoms with van der Waals surface area (Å²) in [5, 5.41) is -0.446. The number of halogens is 6. The Bertz CT molecular complexity index is 1290. The molecule has 3 atom stereocenters. The molecule has 0 unspecified atom stereocenters. The lowest BCUT2D eigenvalue weighted by molar-refractivity contribution is -0.158. The van der Waals surface area contributed by atoms with Crippen molar-refractivity contribution in [3.05, 3.63) is 58.4 Å². The zero-order valence-corrected chi connectivity index (χ0v) is 20.5. The van der Waals surface area contributed by atoms with E-state index in [4.69, 9.17) is 16.3 Å². The van der Waals surface area contributed by atoms with E-state index in [0.717, 1.165) is 11.0 Å². The lowest BCUT2D eigenvalue weighted by atomic mass is 9.95. The normalized spacial score (nSPS) is 23.5. The SMILES string of the molecule is CCS(=O)(=O)N[C@@H]1[C@H](Cc2cccc(-c3cc(Cl)c(F)cc3F)c2F)N(C(=O)[C@H]2CCO2)CC1(F)F. The molecule has 1 amide bonds. The van der Waals surface area contributed by atoms with E-state index in [1.54, 1.807) is 0 Å². The summed E-state index contributed by atoms with van der Waals surface area (Å²) >= 11 is 5.73. The smallest absolute Gasteiger partial charge is 0.283 e. The number of sulfonamides is 1. The first-order chi connectivity index (χ1) is 16.8. The van der Waals surface area contributed by atoms with Crippen LogP contribution < -0.4 is 4.72 Å². The molecule has 0 aliphatic carbocycles. The van der Waals surface area contributed by atoms with Gasteiger partial charge in [-0.15, -0.1) is 0 Å². The van der Waals surface area contributed by atoms with E-state index in [1.807, 2.05) is 4.72 Å². The van der Waals surface area contributed by atoms with Crippen molar-refractivity contribution in [3.63, 3.8) is 0 Å². The predicted molar refractivity (Wildman–Crippen MR) is 122 cm³/mol. The lowest BCUT2D eigenvalue weighted by Crippen LogP contribution is -2.54. The number of benzene rings is 2. The molecule has 13 heteroatoms. The van der Waals surface area contributed by atoms with Crippen molar-refractivity contribution < 1.29 is 39.9 Å². The van der Waals surface area contributed by atoms with E-state index in [1.165, 1.54) is 25.1 Å². The third kappa shape index (κ3) is 5.09. The van der Waals surface area contributed by atoms with Crippen LogP contribution in [0.2, 0.25) is 5.02 Å². The molecule has 196 valence electrons. The van der Waals surface area contributed by atoms with Crippen LogP contribution in [0.15, 0.2) is 30.3 Å². The lowest BCUT2D eigenvalue weighted by Gasteiger charge is -2.34. The van der Waals surface area contributed by atoms with Gasteiger partial charge in [-0.1, -0.05) is 29.8 Å². The van der Waals surface area contributed by atoms with Crippen LogP contribution in [-0.2, 0) is 26.0 Å². The van der Waals surface area contributed by atoms with Gasteiger partial charge in [0.1, 0.15) is 29.6 Å². The second-order valence-corrected chi connectivity index (χ2v) is 11.1. The van der Waals surface area contributed by atoms with Gasteiger partial charge in [-0.2, -0.15) is 0 Å². The zero-order chi connectivity index (χ0) is 26.4. The third-order valence-electron chi connectivity index (χ3n) is 6.37. The first kappa shape index (κ1) is 26.8. The Balaban J connectivity index is 1.75. The maximum atomic E-state index is 15.6. The van der Waals surface area contributed by atoms with Crippen LogP contribution in [0.3, 0.4) is 0 Å². The minimum atomic E-state index is -4.13. The average molecular weight is 553 g/mol. The van der Waals surface area contributed by atoms with Crippen LogP contribution in [0.25, 0.3) is 11.1 Å². The van der Waals surface area contributed by atoms with Crippen molar-refractivity contribution in [2.24, 2.45) is 0 Å². The van der Waals surface area contributed by atoms with Crippen LogP contribution in [0.1, 0.15) is 18.9 Å². The number of alkyl halides is 2. The Labute approximate surface area is 209 Å². The number of amides is 1. The molecule has 0 radical (unpaired) electrons. The minimum Gasteiger partial charge on any atom is -0.368 e. The summed E-state index contributed by atoms with van der Waals surface area (Å²) in [6.07, 6.45) is -1.15. The number of ether oxygens (including phenoxy) is 1. The number of nitrogens with one attached hydrogen (secondary N) is 1. The van der Waals surface area contributed by atoms with Crippen LogP contribution in [-0.4, -0.2) is 62.2 Å². The minimum absolute atomic E-state index is 0.178. The van der Waals surface area contributed by atoms with Gasteiger partial charge in [-0.3, -0.25) is 4.79 Å². The van der Waals surface area contributed by atoms with Gasteiger partial charge in [0.2, 0.25) is 10.0 Å². The standard InChI is InChI=1S/C23H22ClF5N2O4S/c1-2-36(33,34)30-21-18(31(11-23(21,28)29)22(32)19-6-7-35-19)8-12-4-3-5-13(20(12)27)14-9-15(24)17(26)10-16(14)25/h3-5,9-10,18-19,21,30H,2,6-8,11H2,1H3/t18-,19+,21+/m0/s1. The highest BCUT2D eigenvalue weighted by Crippen LogP contribution is 2.38. The summed E-state index contributed by atoms with van der Waals surface area (Å²) in [7, 11) is -4.13. The molecule has 0 bridgehead atoms. The Morgan fingerprint density at radius 3 is 2.50 bits per heavy atom. The fraction of sp³-hybridized carbons (Fsp3) is 0.435. The molecule has 2 saturated heterocycles. The number of carbonyl (C=O) groups excluding carboxylic acids is 1. The van der Waals surface area contributed by atoms with E-state index in [0.29, 0.717) is 12.5 Å². The monoisotopic (exact) mass is 552 g/mol. The Kier molecular flexibility index (Phi) is 7.35. The number of hydrogen-bond donors (Lipinski definition) is 1. The molecular weight excluding hydrogens is 531 g/mol. The highest BCUT2D eigenvalue weighted by molar-refractivity contribution is 7.89. The van der Waals surface area contributed by atoms with Gasteiger partial charge < -0.3 is 9.64 Å².